The number of benzene rings is 3. The summed E-state index contributed by atoms with van der Waals surface area (Å²) in [5.41, 5.74) is -2.53. The molecule has 0 radical (unpaired) electrons. The molecule has 0 heterocycles. The van der Waals surface area contributed by atoms with Gasteiger partial charge >= 0.3 is 23.9 Å². The molecule has 0 bridgehead atoms. The van der Waals surface area contributed by atoms with Crippen molar-refractivity contribution in [2.75, 3.05) is 13.2 Å². The Hall–Kier alpha value is -5.72. The maximum Gasteiger partial charge on any atom is 0.339 e. The van der Waals surface area contributed by atoms with Gasteiger partial charge in [-0.05, 0) is 54.5 Å². The van der Waals surface area contributed by atoms with E-state index in [-0.39, 0.29) is 42.3 Å². The molecule has 3 aliphatic rings. The molecule has 2 saturated carbocycles. The Labute approximate surface area is 336 Å². The maximum atomic E-state index is 13.2. The van der Waals surface area contributed by atoms with E-state index >= 15 is 0 Å². The minimum atomic E-state index is -2.12. The number of carbonyl (C=O) groups is 6. The number of carboxylic acids is 2. The van der Waals surface area contributed by atoms with Crippen LogP contribution >= 0.6 is 0 Å². The highest BCUT2D eigenvalue weighted by Crippen LogP contribution is 2.35. The molecule has 12 heteroatoms. The Balaban J connectivity index is 1.02. The SMILES string of the molecule is O=C(O)c1cc(C2C=CC(C(=O)O)(C(=O)OCCc3ccc(C(=O)C4(O)CCCCC4)cc3)C=C2)ccc1C(=O)OCCc1ccc(C(=O)C2(O)CCCCC2)cc1. The third-order valence-electron chi connectivity index (χ3n) is 11.6. The minimum Gasteiger partial charge on any atom is -0.480 e. The molecule has 58 heavy (non-hydrogen) atoms. The first kappa shape index (κ1) is 41.9. The van der Waals surface area contributed by atoms with Crippen LogP contribution in [0.3, 0.4) is 0 Å². The molecule has 0 aromatic heterocycles. The Bertz CT molecular complexity index is 2080. The van der Waals surface area contributed by atoms with Gasteiger partial charge in [-0.2, -0.15) is 0 Å². The van der Waals surface area contributed by atoms with Crippen LogP contribution in [0.2, 0.25) is 0 Å². The van der Waals surface area contributed by atoms with Gasteiger partial charge in [0.05, 0.1) is 24.3 Å². The van der Waals surface area contributed by atoms with Crippen molar-refractivity contribution < 1.29 is 58.7 Å². The normalized spacial score (nSPS) is 20.8. The summed E-state index contributed by atoms with van der Waals surface area (Å²) in [6.07, 6.45) is 12.8. The minimum absolute atomic E-state index is 0.0587. The fourth-order valence-corrected chi connectivity index (χ4v) is 7.97. The number of carbonyl (C=O) groups excluding carboxylic acids is 4. The summed E-state index contributed by atoms with van der Waals surface area (Å²) in [6.45, 7) is -0.189. The number of aliphatic carboxylic acids is 1. The monoisotopic (exact) mass is 792 g/mol. The van der Waals surface area contributed by atoms with Gasteiger partial charge in [-0.15, -0.1) is 0 Å². The van der Waals surface area contributed by atoms with Crippen molar-refractivity contribution in [1.82, 2.24) is 0 Å². The van der Waals surface area contributed by atoms with Crippen LogP contribution in [0.4, 0.5) is 0 Å². The van der Waals surface area contributed by atoms with Crippen LogP contribution in [-0.2, 0) is 31.9 Å². The molecule has 0 unspecified atom stereocenters. The largest absolute Gasteiger partial charge is 0.480 e. The van der Waals surface area contributed by atoms with E-state index in [0.717, 1.165) is 49.7 Å². The van der Waals surface area contributed by atoms with Gasteiger partial charge in [0, 0.05) is 29.9 Å². The van der Waals surface area contributed by atoms with E-state index in [4.69, 9.17) is 9.47 Å². The number of carboxylic acid groups (broad SMARTS) is 2. The highest BCUT2D eigenvalue weighted by Gasteiger charge is 2.45. The number of hydrogen-bond acceptors (Lipinski definition) is 10. The molecule has 0 saturated heterocycles. The number of aromatic carboxylic acids is 1. The number of allylic oxidation sites excluding steroid dienone is 2. The molecule has 0 spiro atoms. The molecule has 3 aromatic carbocycles. The average Bonchev–Trinajstić information content (AvgIpc) is 3.23. The molecule has 12 nitrogen and oxygen atoms in total. The molecule has 0 atom stereocenters. The van der Waals surface area contributed by atoms with E-state index in [1.807, 2.05) is 0 Å². The van der Waals surface area contributed by atoms with Gasteiger partial charge in [0.1, 0.15) is 11.2 Å². The fraction of sp³-hybridized carbons (Fsp3) is 0.391. The van der Waals surface area contributed by atoms with E-state index < -0.39 is 46.4 Å². The maximum absolute atomic E-state index is 13.2. The van der Waals surface area contributed by atoms with E-state index in [0.29, 0.717) is 48.8 Å². The standard InChI is InChI=1S/C46H48O12/c47-38(45(55)21-3-1-4-22-45)33-11-7-30(8-12-33)19-27-57-41(51)36-16-15-35(29-37(36)40(49)50)32-17-25-44(26-18-32,42(52)53)43(54)58-28-20-31-9-13-34(14-10-31)39(48)46(56)23-5-2-6-24-46/h7-18,25-26,29,32,55-56H,1-6,19-24,27-28H2,(H,49,50)(H,52,53). The lowest BCUT2D eigenvalue weighted by atomic mass is 9.79. The van der Waals surface area contributed by atoms with Crippen molar-refractivity contribution in [3.05, 3.63) is 130 Å². The molecule has 3 aromatic rings. The summed E-state index contributed by atoms with van der Waals surface area (Å²) in [5, 5.41) is 41.6. The lowest BCUT2D eigenvalue weighted by Crippen LogP contribution is -2.40. The molecule has 3 aliphatic carbocycles. The number of esters is 2. The lowest BCUT2D eigenvalue weighted by Gasteiger charge is -2.30. The van der Waals surface area contributed by atoms with Crippen molar-refractivity contribution in [3.63, 3.8) is 0 Å². The van der Waals surface area contributed by atoms with Crippen molar-refractivity contribution >= 4 is 35.4 Å². The second-order valence-electron chi connectivity index (χ2n) is 15.5. The molecular weight excluding hydrogens is 744 g/mol. The first-order valence-corrected chi connectivity index (χ1v) is 19.8. The molecule has 304 valence electrons. The van der Waals surface area contributed by atoms with Crippen molar-refractivity contribution in [1.29, 1.82) is 0 Å². The van der Waals surface area contributed by atoms with E-state index in [1.165, 1.54) is 42.5 Å². The van der Waals surface area contributed by atoms with Crippen LogP contribution in [0, 0.1) is 5.41 Å². The van der Waals surface area contributed by atoms with Crippen LogP contribution in [-0.4, -0.2) is 80.3 Å². The Kier molecular flexibility index (Phi) is 12.9. The van der Waals surface area contributed by atoms with Crippen molar-refractivity contribution in [2.24, 2.45) is 5.41 Å². The van der Waals surface area contributed by atoms with Gasteiger partial charge in [-0.3, -0.25) is 19.2 Å². The van der Waals surface area contributed by atoms with Gasteiger partial charge in [0.15, 0.2) is 11.6 Å². The van der Waals surface area contributed by atoms with Crippen LogP contribution in [0.5, 0.6) is 0 Å². The van der Waals surface area contributed by atoms with Gasteiger partial charge in [0.25, 0.3) is 0 Å². The summed E-state index contributed by atoms with van der Waals surface area (Å²) in [6, 6.07) is 17.6. The van der Waals surface area contributed by atoms with Crippen LogP contribution in [0.15, 0.2) is 91.0 Å². The van der Waals surface area contributed by atoms with Crippen LogP contribution < -0.4 is 0 Å². The Morgan fingerprint density at radius 2 is 1.05 bits per heavy atom. The van der Waals surface area contributed by atoms with Crippen LogP contribution in [0.1, 0.15) is 128 Å². The van der Waals surface area contributed by atoms with E-state index in [1.54, 1.807) is 48.5 Å². The number of ether oxygens (including phenoxy) is 2. The molecule has 0 aliphatic heterocycles. The first-order valence-electron chi connectivity index (χ1n) is 19.8. The second kappa shape index (κ2) is 17.8. The quantitative estimate of drug-likeness (QED) is 0.0556. The highest BCUT2D eigenvalue weighted by molar-refractivity contribution is 6.05. The average molecular weight is 793 g/mol. The summed E-state index contributed by atoms with van der Waals surface area (Å²) < 4.78 is 10.8. The fourth-order valence-electron chi connectivity index (χ4n) is 7.97. The Morgan fingerprint density at radius 1 is 0.586 bits per heavy atom. The molecule has 2 fully saturated rings. The van der Waals surface area contributed by atoms with E-state index in [9.17, 15) is 49.2 Å². The zero-order valence-corrected chi connectivity index (χ0v) is 32.2. The Morgan fingerprint density at radius 3 is 1.50 bits per heavy atom. The molecule has 0 amide bonds. The van der Waals surface area contributed by atoms with Gasteiger partial charge in [0.2, 0.25) is 5.41 Å². The number of aliphatic hydroxyl groups is 2. The molecular formula is C46H48O12. The smallest absolute Gasteiger partial charge is 0.339 e. The highest BCUT2D eigenvalue weighted by atomic mass is 16.5. The summed E-state index contributed by atoms with van der Waals surface area (Å²) in [4.78, 5) is 76.6. The third kappa shape index (κ3) is 9.19. The van der Waals surface area contributed by atoms with Gasteiger partial charge in [-0.1, -0.05) is 117 Å². The zero-order chi connectivity index (χ0) is 41.5. The van der Waals surface area contributed by atoms with Gasteiger partial charge in [-0.25, -0.2) is 9.59 Å². The second-order valence-corrected chi connectivity index (χ2v) is 15.5. The zero-order valence-electron chi connectivity index (χ0n) is 32.2. The summed E-state index contributed by atoms with van der Waals surface area (Å²) in [7, 11) is 0. The lowest BCUT2D eigenvalue weighted by molar-refractivity contribution is -0.161. The van der Waals surface area contributed by atoms with Crippen LogP contribution in [0.25, 0.3) is 0 Å². The predicted octanol–water partition coefficient (Wildman–Crippen LogP) is 6.61. The number of hydrogen-bond donors (Lipinski definition) is 4. The number of ketones is 2. The predicted molar refractivity (Wildman–Crippen MR) is 211 cm³/mol. The summed E-state index contributed by atoms with van der Waals surface area (Å²) in [5.74, 6) is -5.91. The number of Topliss-reactive ketones (excluding diaryl/α,β-unsaturated/α-hetero) is 2. The molecule has 4 N–H and O–H groups in total. The first-order chi connectivity index (χ1) is 27.7. The van der Waals surface area contributed by atoms with Crippen molar-refractivity contribution in [2.45, 2.75) is 94.2 Å². The molecule has 6 rings (SSSR count). The summed E-state index contributed by atoms with van der Waals surface area (Å²) >= 11 is 0. The van der Waals surface area contributed by atoms with Crippen molar-refractivity contribution in [3.8, 4) is 0 Å². The van der Waals surface area contributed by atoms with Gasteiger partial charge < -0.3 is 29.9 Å². The third-order valence-corrected chi connectivity index (χ3v) is 11.6. The topological polar surface area (TPSA) is 202 Å². The number of rotatable bonds is 15. The van der Waals surface area contributed by atoms with E-state index in [2.05, 4.69) is 0 Å².